The zero-order valence-corrected chi connectivity index (χ0v) is 6.05. The molecule has 1 aliphatic rings. The van der Waals surface area contributed by atoms with E-state index >= 15 is 0 Å². The van der Waals surface area contributed by atoms with Crippen molar-refractivity contribution in [1.82, 2.24) is 4.90 Å². The van der Waals surface area contributed by atoms with Gasteiger partial charge in [0.1, 0.15) is 0 Å². The number of carbonyl (C=O) groups excluding carboxylic acids is 2. The van der Waals surface area contributed by atoms with E-state index in [1.807, 2.05) is 6.92 Å². The maximum absolute atomic E-state index is 11.0. The van der Waals surface area contributed by atoms with Gasteiger partial charge in [-0.1, -0.05) is 6.92 Å². The van der Waals surface area contributed by atoms with E-state index in [0.717, 1.165) is 4.90 Å². The van der Waals surface area contributed by atoms with Gasteiger partial charge in [0.15, 0.2) is 0 Å². The van der Waals surface area contributed by atoms with Crippen LogP contribution in [0.3, 0.4) is 0 Å². The van der Waals surface area contributed by atoms with Gasteiger partial charge in [-0.25, -0.2) is 0 Å². The lowest BCUT2D eigenvalue weighted by atomic mass is 10.2. The summed E-state index contributed by atoms with van der Waals surface area (Å²) in [7, 11) is 1.49. The molecule has 10 heavy (non-hydrogen) atoms. The SMILES string of the molecule is CCC1=CC(=O)N(C)C1=O. The Bertz CT molecular complexity index is 218. The molecule has 0 N–H and O–H groups in total. The predicted octanol–water partition coefficient (Wildman–Crippen LogP) is 0.321. The Labute approximate surface area is 59.3 Å². The Morgan fingerprint density at radius 3 is 2.30 bits per heavy atom. The molecule has 0 saturated heterocycles. The van der Waals surface area contributed by atoms with Gasteiger partial charge in [0.2, 0.25) is 0 Å². The summed E-state index contributed by atoms with van der Waals surface area (Å²) in [6.45, 7) is 1.86. The molecule has 0 atom stereocenters. The zero-order valence-electron chi connectivity index (χ0n) is 6.05. The zero-order chi connectivity index (χ0) is 7.72. The Hall–Kier alpha value is -1.12. The average Bonchev–Trinajstić information content (AvgIpc) is 2.17. The number of carbonyl (C=O) groups is 2. The van der Waals surface area contributed by atoms with Crippen molar-refractivity contribution in [2.45, 2.75) is 13.3 Å². The number of hydrogen-bond donors (Lipinski definition) is 0. The predicted molar refractivity (Wildman–Crippen MR) is 36.2 cm³/mol. The van der Waals surface area contributed by atoms with Gasteiger partial charge in [-0.3, -0.25) is 14.5 Å². The molecule has 1 aliphatic heterocycles. The van der Waals surface area contributed by atoms with Crippen LogP contribution in [-0.2, 0) is 9.59 Å². The fourth-order valence-corrected chi connectivity index (χ4v) is 0.876. The smallest absolute Gasteiger partial charge is 0.256 e. The number of likely N-dealkylation sites (N-methyl/N-ethyl adjacent to an activating group) is 1. The first-order valence-electron chi connectivity index (χ1n) is 3.19. The van der Waals surface area contributed by atoms with Crippen molar-refractivity contribution in [2.75, 3.05) is 7.05 Å². The summed E-state index contributed by atoms with van der Waals surface area (Å²) in [4.78, 5) is 22.9. The number of nitrogens with zero attached hydrogens (tertiary/aromatic N) is 1. The van der Waals surface area contributed by atoms with Crippen molar-refractivity contribution in [3.8, 4) is 0 Å². The normalized spacial score (nSPS) is 18.2. The lowest BCUT2D eigenvalue weighted by molar-refractivity contribution is -0.135. The first-order valence-corrected chi connectivity index (χ1v) is 3.19. The highest BCUT2D eigenvalue weighted by atomic mass is 16.2. The lowest BCUT2D eigenvalue weighted by Gasteiger charge is -2.04. The summed E-state index contributed by atoms with van der Waals surface area (Å²) in [5, 5.41) is 0. The minimum absolute atomic E-state index is 0.160. The van der Waals surface area contributed by atoms with Gasteiger partial charge in [0.05, 0.1) is 0 Å². The maximum atomic E-state index is 11.0. The van der Waals surface area contributed by atoms with Crippen LogP contribution in [0, 0.1) is 0 Å². The van der Waals surface area contributed by atoms with Crippen molar-refractivity contribution in [2.24, 2.45) is 0 Å². The molecule has 0 aromatic rings. The molecule has 0 bridgehead atoms. The Morgan fingerprint density at radius 1 is 1.50 bits per heavy atom. The molecule has 3 heteroatoms. The molecule has 0 fully saturated rings. The van der Waals surface area contributed by atoms with Gasteiger partial charge in [-0.05, 0) is 6.42 Å². The molecular weight excluding hydrogens is 130 g/mol. The first kappa shape index (κ1) is 6.99. The van der Waals surface area contributed by atoms with Crippen molar-refractivity contribution in [1.29, 1.82) is 0 Å². The molecular formula is C7H9NO2. The molecule has 1 rings (SSSR count). The second kappa shape index (κ2) is 2.25. The monoisotopic (exact) mass is 139 g/mol. The second-order valence-corrected chi connectivity index (χ2v) is 2.23. The van der Waals surface area contributed by atoms with E-state index in [4.69, 9.17) is 0 Å². The first-order chi connectivity index (χ1) is 4.66. The molecule has 0 radical (unpaired) electrons. The van der Waals surface area contributed by atoms with Crippen molar-refractivity contribution >= 4 is 11.8 Å². The number of imide groups is 1. The third-order valence-corrected chi connectivity index (χ3v) is 1.59. The van der Waals surface area contributed by atoms with E-state index in [9.17, 15) is 9.59 Å². The second-order valence-electron chi connectivity index (χ2n) is 2.23. The van der Waals surface area contributed by atoms with Crippen molar-refractivity contribution in [3.63, 3.8) is 0 Å². The minimum atomic E-state index is -0.207. The summed E-state index contributed by atoms with van der Waals surface area (Å²) >= 11 is 0. The number of rotatable bonds is 1. The summed E-state index contributed by atoms with van der Waals surface area (Å²) in [6.07, 6.45) is 2.03. The minimum Gasteiger partial charge on any atom is -0.278 e. The maximum Gasteiger partial charge on any atom is 0.256 e. The van der Waals surface area contributed by atoms with Crippen LogP contribution in [0.2, 0.25) is 0 Å². The molecule has 0 spiro atoms. The average molecular weight is 139 g/mol. The standard InChI is InChI=1S/C7H9NO2/c1-3-5-4-6(9)8(2)7(5)10/h4H,3H2,1-2H3. The highest BCUT2D eigenvalue weighted by Gasteiger charge is 2.25. The molecule has 0 aromatic heterocycles. The van der Waals surface area contributed by atoms with Gasteiger partial charge in [0.25, 0.3) is 11.8 Å². The van der Waals surface area contributed by atoms with E-state index in [1.54, 1.807) is 0 Å². The fourth-order valence-electron chi connectivity index (χ4n) is 0.876. The molecule has 54 valence electrons. The van der Waals surface area contributed by atoms with Crippen molar-refractivity contribution < 1.29 is 9.59 Å². The van der Waals surface area contributed by atoms with Crippen LogP contribution < -0.4 is 0 Å². The van der Waals surface area contributed by atoms with E-state index in [2.05, 4.69) is 0 Å². The highest BCUT2D eigenvalue weighted by Crippen LogP contribution is 2.12. The van der Waals surface area contributed by atoms with Gasteiger partial charge >= 0.3 is 0 Å². The highest BCUT2D eigenvalue weighted by molar-refractivity contribution is 6.15. The van der Waals surface area contributed by atoms with Gasteiger partial charge < -0.3 is 0 Å². The third-order valence-electron chi connectivity index (χ3n) is 1.59. The van der Waals surface area contributed by atoms with Crippen LogP contribution >= 0.6 is 0 Å². The summed E-state index contributed by atoms with van der Waals surface area (Å²) in [5.41, 5.74) is 0.604. The van der Waals surface area contributed by atoms with E-state index in [0.29, 0.717) is 12.0 Å². The van der Waals surface area contributed by atoms with Crippen molar-refractivity contribution in [3.05, 3.63) is 11.6 Å². The Balaban J connectivity index is 2.89. The van der Waals surface area contributed by atoms with Crippen LogP contribution in [0.15, 0.2) is 11.6 Å². The van der Waals surface area contributed by atoms with Gasteiger partial charge in [-0.15, -0.1) is 0 Å². The summed E-state index contributed by atoms with van der Waals surface area (Å²) in [6, 6.07) is 0. The van der Waals surface area contributed by atoms with Crippen LogP contribution in [0.5, 0.6) is 0 Å². The fraction of sp³-hybridized carbons (Fsp3) is 0.429. The molecule has 3 nitrogen and oxygen atoms in total. The Kier molecular flexibility index (Phi) is 1.57. The topological polar surface area (TPSA) is 37.4 Å². The van der Waals surface area contributed by atoms with E-state index in [1.165, 1.54) is 13.1 Å². The van der Waals surface area contributed by atoms with E-state index in [-0.39, 0.29) is 11.8 Å². The quantitative estimate of drug-likeness (QED) is 0.491. The van der Waals surface area contributed by atoms with Gasteiger partial charge in [0, 0.05) is 18.7 Å². The van der Waals surface area contributed by atoms with Gasteiger partial charge in [-0.2, -0.15) is 0 Å². The van der Waals surface area contributed by atoms with Crippen LogP contribution in [0.1, 0.15) is 13.3 Å². The number of hydrogen-bond acceptors (Lipinski definition) is 2. The largest absolute Gasteiger partial charge is 0.278 e. The molecule has 0 saturated carbocycles. The molecule has 0 aromatic carbocycles. The molecule has 1 heterocycles. The number of amides is 2. The Morgan fingerprint density at radius 2 is 2.10 bits per heavy atom. The summed E-state index contributed by atoms with van der Waals surface area (Å²) in [5.74, 6) is -0.366. The lowest BCUT2D eigenvalue weighted by Crippen LogP contribution is -2.25. The third kappa shape index (κ3) is 0.835. The van der Waals surface area contributed by atoms with Crippen LogP contribution in [-0.4, -0.2) is 23.8 Å². The molecule has 0 unspecified atom stereocenters. The molecule has 0 aliphatic carbocycles. The van der Waals surface area contributed by atoms with Crippen LogP contribution in [0.25, 0.3) is 0 Å². The summed E-state index contributed by atoms with van der Waals surface area (Å²) < 4.78 is 0. The van der Waals surface area contributed by atoms with Crippen LogP contribution in [0.4, 0.5) is 0 Å². The van der Waals surface area contributed by atoms with E-state index < -0.39 is 0 Å². The molecule has 2 amide bonds.